The predicted octanol–water partition coefficient (Wildman–Crippen LogP) is 3.67. The molecule has 1 amide bonds. The Hall–Kier alpha value is -3.81. The minimum Gasteiger partial charge on any atom is -0.492 e. The van der Waals surface area contributed by atoms with Crippen LogP contribution in [-0.4, -0.2) is 36.5 Å². The third kappa shape index (κ3) is 6.12. The number of fused-ring (bicyclic) bond motifs is 1. The molecule has 172 valence electrons. The summed E-state index contributed by atoms with van der Waals surface area (Å²) in [5, 5.41) is 9.38. The molecule has 0 spiro atoms. The molecule has 1 aliphatic heterocycles. The number of oxazole rings is 1. The Morgan fingerprint density at radius 1 is 1.18 bits per heavy atom. The van der Waals surface area contributed by atoms with E-state index in [0.29, 0.717) is 38.0 Å². The summed E-state index contributed by atoms with van der Waals surface area (Å²) in [6.45, 7) is 6.29. The zero-order valence-corrected chi connectivity index (χ0v) is 19.0. The first-order valence-corrected chi connectivity index (χ1v) is 11.2. The molecule has 3 aromatic rings. The summed E-state index contributed by atoms with van der Waals surface area (Å²) in [6, 6.07) is 13.8. The standard InChI is InChI=1S/C25H29N5O3/c1-3-26-25(28-15-20-16-33-24(29-20)18-6-4-17(2)5-7-18)27-12-13-32-21-9-10-22-19(14-21)8-11-23(31)30-22/h4-7,9-10,14,16H,3,8,11-13,15H2,1-2H3,(H,30,31)(H2,26,27,28). The second kappa shape index (κ2) is 10.7. The molecule has 0 saturated carbocycles. The lowest BCUT2D eigenvalue weighted by molar-refractivity contribution is -0.116. The first kappa shape index (κ1) is 22.4. The normalized spacial score (nSPS) is 13.3. The number of hydrogen-bond acceptors (Lipinski definition) is 5. The van der Waals surface area contributed by atoms with Gasteiger partial charge in [0, 0.05) is 24.2 Å². The van der Waals surface area contributed by atoms with Gasteiger partial charge in [-0.15, -0.1) is 0 Å². The van der Waals surface area contributed by atoms with E-state index >= 15 is 0 Å². The van der Waals surface area contributed by atoms with Crippen LogP contribution in [0.1, 0.15) is 30.2 Å². The average molecular weight is 448 g/mol. The van der Waals surface area contributed by atoms with Gasteiger partial charge in [0.25, 0.3) is 0 Å². The van der Waals surface area contributed by atoms with E-state index in [-0.39, 0.29) is 5.91 Å². The third-order valence-corrected chi connectivity index (χ3v) is 5.23. The highest BCUT2D eigenvalue weighted by molar-refractivity contribution is 5.94. The van der Waals surface area contributed by atoms with E-state index < -0.39 is 0 Å². The van der Waals surface area contributed by atoms with Gasteiger partial charge in [0.15, 0.2) is 5.96 Å². The van der Waals surface area contributed by atoms with Gasteiger partial charge in [-0.2, -0.15) is 0 Å². The van der Waals surface area contributed by atoms with E-state index in [4.69, 9.17) is 9.15 Å². The van der Waals surface area contributed by atoms with Crippen molar-refractivity contribution in [3.63, 3.8) is 0 Å². The average Bonchev–Trinajstić information content (AvgIpc) is 3.29. The molecule has 8 nitrogen and oxygen atoms in total. The van der Waals surface area contributed by atoms with Gasteiger partial charge >= 0.3 is 0 Å². The SMILES string of the molecule is CCNC(=NCc1coc(-c2ccc(C)cc2)n1)NCCOc1ccc2c(c1)CCC(=O)N2. The van der Waals surface area contributed by atoms with E-state index in [1.54, 1.807) is 6.26 Å². The first-order chi connectivity index (χ1) is 16.1. The smallest absolute Gasteiger partial charge is 0.226 e. The number of aryl methyl sites for hydroxylation is 2. The molecule has 0 radical (unpaired) electrons. The molecule has 0 fully saturated rings. The van der Waals surface area contributed by atoms with E-state index in [9.17, 15) is 4.79 Å². The largest absolute Gasteiger partial charge is 0.492 e. The summed E-state index contributed by atoms with van der Waals surface area (Å²) in [5.74, 6) is 2.14. The van der Waals surface area contributed by atoms with Crippen molar-refractivity contribution in [3.05, 3.63) is 65.5 Å². The van der Waals surface area contributed by atoms with Crippen LogP contribution in [0.4, 0.5) is 5.69 Å². The number of guanidine groups is 1. The molecule has 0 bridgehead atoms. The highest BCUT2D eigenvalue weighted by Crippen LogP contribution is 2.26. The number of hydrogen-bond donors (Lipinski definition) is 3. The number of rotatable bonds is 8. The zero-order valence-electron chi connectivity index (χ0n) is 19.0. The third-order valence-electron chi connectivity index (χ3n) is 5.23. The zero-order chi connectivity index (χ0) is 23.0. The van der Waals surface area contributed by atoms with Crippen LogP contribution in [0.5, 0.6) is 5.75 Å². The summed E-state index contributed by atoms with van der Waals surface area (Å²) in [4.78, 5) is 20.6. The van der Waals surface area contributed by atoms with E-state index in [1.165, 1.54) is 5.56 Å². The number of amides is 1. The minimum absolute atomic E-state index is 0.0626. The van der Waals surface area contributed by atoms with Gasteiger partial charge in [0.05, 0.1) is 13.1 Å². The number of carbonyl (C=O) groups is 1. The fourth-order valence-corrected chi connectivity index (χ4v) is 3.50. The Balaban J connectivity index is 1.27. The summed E-state index contributed by atoms with van der Waals surface area (Å²) in [5.41, 5.74) is 4.88. The van der Waals surface area contributed by atoms with E-state index in [2.05, 4.69) is 25.9 Å². The van der Waals surface area contributed by atoms with Crippen LogP contribution in [-0.2, 0) is 17.8 Å². The molecule has 0 atom stereocenters. The Kier molecular flexibility index (Phi) is 7.24. The van der Waals surface area contributed by atoms with Gasteiger partial charge in [0.2, 0.25) is 11.8 Å². The number of aromatic nitrogens is 1. The van der Waals surface area contributed by atoms with Crippen LogP contribution in [0.2, 0.25) is 0 Å². The lowest BCUT2D eigenvalue weighted by atomic mass is 10.0. The van der Waals surface area contributed by atoms with Gasteiger partial charge in [-0.3, -0.25) is 4.79 Å². The highest BCUT2D eigenvalue weighted by atomic mass is 16.5. The van der Waals surface area contributed by atoms with Crippen LogP contribution in [0.15, 0.2) is 58.1 Å². The maximum Gasteiger partial charge on any atom is 0.226 e. The number of benzene rings is 2. The molecular formula is C25H29N5O3. The van der Waals surface area contributed by atoms with E-state index in [1.807, 2.05) is 56.3 Å². The molecule has 4 rings (SSSR count). The van der Waals surface area contributed by atoms with Crippen molar-refractivity contribution in [1.82, 2.24) is 15.6 Å². The summed E-state index contributed by atoms with van der Waals surface area (Å²) < 4.78 is 11.5. The molecular weight excluding hydrogens is 418 g/mol. The minimum atomic E-state index is 0.0626. The fourth-order valence-electron chi connectivity index (χ4n) is 3.50. The molecule has 3 N–H and O–H groups in total. The van der Waals surface area contributed by atoms with Crippen LogP contribution in [0.3, 0.4) is 0 Å². The molecule has 8 heteroatoms. The molecule has 0 unspecified atom stereocenters. The molecule has 33 heavy (non-hydrogen) atoms. The second-order valence-electron chi connectivity index (χ2n) is 7.85. The number of ether oxygens (including phenoxy) is 1. The van der Waals surface area contributed by atoms with Gasteiger partial charge in [-0.25, -0.2) is 9.98 Å². The van der Waals surface area contributed by atoms with E-state index in [0.717, 1.165) is 41.2 Å². The molecule has 0 aliphatic carbocycles. The number of carbonyl (C=O) groups excluding carboxylic acids is 1. The summed E-state index contributed by atoms with van der Waals surface area (Å²) >= 11 is 0. The van der Waals surface area contributed by atoms with Crippen molar-refractivity contribution in [2.45, 2.75) is 33.2 Å². The van der Waals surface area contributed by atoms with Crippen molar-refractivity contribution >= 4 is 17.6 Å². The number of nitrogens with zero attached hydrogens (tertiary/aromatic N) is 2. The number of aliphatic imine (C=N–C) groups is 1. The van der Waals surface area contributed by atoms with Crippen LogP contribution in [0.25, 0.3) is 11.5 Å². The molecule has 0 saturated heterocycles. The Morgan fingerprint density at radius 2 is 2.03 bits per heavy atom. The summed E-state index contributed by atoms with van der Waals surface area (Å²) in [6.07, 6.45) is 2.89. The maximum absolute atomic E-state index is 11.5. The Morgan fingerprint density at radius 3 is 2.85 bits per heavy atom. The lowest BCUT2D eigenvalue weighted by Crippen LogP contribution is -2.39. The lowest BCUT2D eigenvalue weighted by Gasteiger charge is -2.18. The molecule has 1 aromatic heterocycles. The first-order valence-electron chi connectivity index (χ1n) is 11.2. The fraction of sp³-hybridized carbons (Fsp3) is 0.320. The molecule has 1 aliphatic rings. The van der Waals surface area contributed by atoms with Crippen molar-refractivity contribution in [2.75, 3.05) is 25.0 Å². The van der Waals surface area contributed by atoms with Crippen molar-refractivity contribution in [3.8, 4) is 17.2 Å². The highest BCUT2D eigenvalue weighted by Gasteiger charge is 2.15. The Bertz CT molecular complexity index is 1120. The molecule has 2 aromatic carbocycles. The monoisotopic (exact) mass is 447 g/mol. The van der Waals surface area contributed by atoms with Crippen molar-refractivity contribution in [1.29, 1.82) is 0 Å². The maximum atomic E-state index is 11.5. The van der Waals surface area contributed by atoms with Crippen molar-refractivity contribution < 1.29 is 13.9 Å². The second-order valence-corrected chi connectivity index (χ2v) is 7.85. The van der Waals surface area contributed by atoms with Gasteiger partial charge < -0.3 is 25.1 Å². The van der Waals surface area contributed by atoms with Crippen LogP contribution in [0, 0.1) is 6.92 Å². The topological polar surface area (TPSA) is 101 Å². The van der Waals surface area contributed by atoms with Crippen LogP contribution < -0.4 is 20.7 Å². The van der Waals surface area contributed by atoms with Gasteiger partial charge in [-0.05, 0) is 56.2 Å². The predicted molar refractivity (Wildman–Crippen MR) is 128 cm³/mol. The van der Waals surface area contributed by atoms with Crippen LogP contribution >= 0.6 is 0 Å². The number of anilines is 1. The molecule has 2 heterocycles. The Labute approximate surface area is 193 Å². The quantitative estimate of drug-likeness (QED) is 0.277. The summed E-state index contributed by atoms with van der Waals surface area (Å²) in [7, 11) is 0. The van der Waals surface area contributed by atoms with Gasteiger partial charge in [0.1, 0.15) is 24.3 Å². The van der Waals surface area contributed by atoms with Gasteiger partial charge in [-0.1, -0.05) is 17.7 Å². The number of nitrogens with one attached hydrogen (secondary N) is 3. The van der Waals surface area contributed by atoms with Crippen molar-refractivity contribution in [2.24, 2.45) is 4.99 Å².